The number of thioether (sulfide) groups is 1. The summed E-state index contributed by atoms with van der Waals surface area (Å²) in [6.07, 6.45) is 0. The molecule has 2 aromatic carbocycles. The SMILES string of the molecule is Cc1ccc(C2CSCCN2Cc2cccc(S(=O)(=O)N(C)C)c2)cc1. The van der Waals surface area contributed by atoms with Gasteiger partial charge in [0.15, 0.2) is 0 Å². The Morgan fingerprint density at radius 1 is 1.15 bits per heavy atom. The van der Waals surface area contributed by atoms with E-state index in [0.717, 1.165) is 30.2 Å². The van der Waals surface area contributed by atoms with Crippen LogP contribution in [-0.2, 0) is 16.6 Å². The minimum Gasteiger partial charge on any atom is -0.290 e. The van der Waals surface area contributed by atoms with Crippen molar-refractivity contribution in [1.29, 1.82) is 0 Å². The van der Waals surface area contributed by atoms with Gasteiger partial charge in [-0.05, 0) is 30.2 Å². The van der Waals surface area contributed by atoms with Gasteiger partial charge in [-0.15, -0.1) is 0 Å². The van der Waals surface area contributed by atoms with Crippen molar-refractivity contribution in [2.45, 2.75) is 24.4 Å². The molecule has 0 saturated carbocycles. The van der Waals surface area contributed by atoms with Crippen molar-refractivity contribution < 1.29 is 8.42 Å². The van der Waals surface area contributed by atoms with Gasteiger partial charge in [0, 0.05) is 44.7 Å². The molecular weight excluding hydrogens is 364 g/mol. The first kappa shape index (κ1) is 19.4. The van der Waals surface area contributed by atoms with E-state index in [4.69, 9.17) is 0 Å². The van der Waals surface area contributed by atoms with Crippen LogP contribution in [0.5, 0.6) is 0 Å². The summed E-state index contributed by atoms with van der Waals surface area (Å²) in [6.45, 7) is 3.87. The zero-order valence-electron chi connectivity index (χ0n) is 15.6. The van der Waals surface area contributed by atoms with Crippen molar-refractivity contribution in [3.63, 3.8) is 0 Å². The number of sulfonamides is 1. The molecule has 1 aliphatic rings. The van der Waals surface area contributed by atoms with Crippen LogP contribution in [0.4, 0.5) is 0 Å². The molecule has 26 heavy (non-hydrogen) atoms. The second-order valence-corrected chi connectivity index (χ2v) is 10.2. The fourth-order valence-corrected chi connectivity index (χ4v) is 5.30. The van der Waals surface area contributed by atoms with Crippen LogP contribution in [0.25, 0.3) is 0 Å². The molecular formula is C20H26N2O2S2. The summed E-state index contributed by atoms with van der Waals surface area (Å²) in [6, 6.07) is 16.5. The molecule has 0 radical (unpaired) electrons. The van der Waals surface area contributed by atoms with E-state index in [2.05, 4.69) is 36.1 Å². The first-order chi connectivity index (χ1) is 12.4. The molecule has 4 nitrogen and oxygen atoms in total. The molecule has 0 aromatic heterocycles. The minimum atomic E-state index is -3.40. The largest absolute Gasteiger partial charge is 0.290 e. The van der Waals surface area contributed by atoms with Gasteiger partial charge in [-0.1, -0.05) is 42.0 Å². The van der Waals surface area contributed by atoms with E-state index in [1.54, 1.807) is 20.2 Å². The molecule has 0 bridgehead atoms. The lowest BCUT2D eigenvalue weighted by atomic mass is 10.0. The molecule has 1 atom stereocenters. The van der Waals surface area contributed by atoms with Crippen LogP contribution in [-0.4, -0.2) is 49.8 Å². The Balaban J connectivity index is 1.83. The number of nitrogens with zero attached hydrogens (tertiary/aromatic N) is 2. The Bertz CT molecular complexity index is 848. The molecule has 1 unspecified atom stereocenters. The van der Waals surface area contributed by atoms with Crippen molar-refractivity contribution in [2.24, 2.45) is 0 Å². The average Bonchev–Trinajstić information content (AvgIpc) is 2.63. The summed E-state index contributed by atoms with van der Waals surface area (Å²) >= 11 is 1.98. The topological polar surface area (TPSA) is 40.6 Å². The third kappa shape index (κ3) is 4.31. The van der Waals surface area contributed by atoms with Gasteiger partial charge < -0.3 is 0 Å². The molecule has 1 saturated heterocycles. The monoisotopic (exact) mass is 390 g/mol. The maximum atomic E-state index is 12.4. The maximum Gasteiger partial charge on any atom is 0.242 e. The summed E-state index contributed by atoms with van der Waals surface area (Å²) in [5.74, 6) is 2.18. The molecule has 3 rings (SSSR count). The van der Waals surface area contributed by atoms with Crippen LogP contribution in [0, 0.1) is 6.92 Å². The maximum absolute atomic E-state index is 12.4. The molecule has 0 aliphatic carbocycles. The van der Waals surface area contributed by atoms with Crippen LogP contribution in [0.3, 0.4) is 0 Å². The van der Waals surface area contributed by atoms with Gasteiger partial charge in [-0.25, -0.2) is 12.7 Å². The molecule has 140 valence electrons. The van der Waals surface area contributed by atoms with E-state index < -0.39 is 10.0 Å². The Morgan fingerprint density at radius 2 is 1.88 bits per heavy atom. The van der Waals surface area contributed by atoms with Gasteiger partial charge in [-0.2, -0.15) is 11.8 Å². The molecule has 0 amide bonds. The van der Waals surface area contributed by atoms with Crippen molar-refractivity contribution >= 4 is 21.8 Å². The molecule has 6 heteroatoms. The smallest absolute Gasteiger partial charge is 0.242 e. The first-order valence-electron chi connectivity index (χ1n) is 8.78. The third-order valence-electron chi connectivity index (χ3n) is 4.76. The molecule has 1 fully saturated rings. The first-order valence-corrected chi connectivity index (χ1v) is 11.4. The average molecular weight is 391 g/mol. The number of hydrogen-bond donors (Lipinski definition) is 0. The van der Waals surface area contributed by atoms with Gasteiger partial charge in [0.2, 0.25) is 10.0 Å². The number of rotatable bonds is 5. The second kappa shape index (κ2) is 8.13. The zero-order chi connectivity index (χ0) is 18.7. The highest BCUT2D eigenvalue weighted by molar-refractivity contribution is 7.99. The highest BCUT2D eigenvalue weighted by atomic mass is 32.2. The van der Waals surface area contributed by atoms with Crippen LogP contribution in [0.15, 0.2) is 53.4 Å². The molecule has 0 spiro atoms. The molecule has 0 N–H and O–H groups in total. The predicted octanol–water partition coefficient (Wildman–Crippen LogP) is 3.54. The van der Waals surface area contributed by atoms with Crippen LogP contribution >= 0.6 is 11.8 Å². The highest BCUT2D eigenvalue weighted by Crippen LogP contribution is 2.31. The highest BCUT2D eigenvalue weighted by Gasteiger charge is 2.25. The second-order valence-electron chi connectivity index (χ2n) is 6.91. The normalized spacial score (nSPS) is 19.0. The number of benzene rings is 2. The Morgan fingerprint density at radius 3 is 2.58 bits per heavy atom. The van der Waals surface area contributed by atoms with Gasteiger partial charge >= 0.3 is 0 Å². The van der Waals surface area contributed by atoms with E-state index >= 15 is 0 Å². The summed E-state index contributed by atoms with van der Waals surface area (Å²) in [4.78, 5) is 2.82. The van der Waals surface area contributed by atoms with Crippen molar-refractivity contribution in [3.05, 3.63) is 65.2 Å². The Kier molecular flexibility index (Phi) is 6.07. The number of hydrogen-bond acceptors (Lipinski definition) is 4. The fraction of sp³-hybridized carbons (Fsp3) is 0.400. The lowest BCUT2D eigenvalue weighted by molar-refractivity contribution is 0.212. The standard InChI is InChI=1S/C20H26N2O2S2/c1-16-7-9-18(10-8-16)20-15-25-12-11-22(20)14-17-5-4-6-19(13-17)26(23,24)21(2)3/h4-10,13,20H,11-12,14-15H2,1-3H3. The van der Waals surface area contributed by atoms with Crippen molar-refractivity contribution in [3.8, 4) is 0 Å². The van der Waals surface area contributed by atoms with Crippen LogP contribution in [0.1, 0.15) is 22.7 Å². The lowest BCUT2D eigenvalue weighted by Gasteiger charge is -2.36. The van der Waals surface area contributed by atoms with E-state index in [1.165, 1.54) is 15.4 Å². The van der Waals surface area contributed by atoms with Gasteiger partial charge in [0.1, 0.15) is 0 Å². The van der Waals surface area contributed by atoms with Crippen LogP contribution in [0.2, 0.25) is 0 Å². The molecule has 1 aliphatic heterocycles. The van der Waals surface area contributed by atoms with E-state index in [9.17, 15) is 8.42 Å². The summed E-state index contributed by atoms with van der Waals surface area (Å²) in [5, 5.41) is 0. The minimum absolute atomic E-state index is 0.360. The van der Waals surface area contributed by atoms with E-state index in [-0.39, 0.29) is 0 Å². The zero-order valence-corrected chi connectivity index (χ0v) is 17.2. The summed E-state index contributed by atoms with van der Waals surface area (Å²) in [5.41, 5.74) is 3.64. The quantitative estimate of drug-likeness (QED) is 0.783. The number of aryl methyl sites for hydroxylation is 1. The lowest BCUT2D eigenvalue weighted by Crippen LogP contribution is -2.35. The molecule has 2 aromatic rings. The molecule has 1 heterocycles. The van der Waals surface area contributed by atoms with Gasteiger partial charge in [0.25, 0.3) is 0 Å². The summed E-state index contributed by atoms with van der Waals surface area (Å²) < 4.78 is 26.1. The van der Waals surface area contributed by atoms with Crippen molar-refractivity contribution in [2.75, 3.05) is 32.1 Å². The fourth-order valence-electron chi connectivity index (χ4n) is 3.17. The summed E-state index contributed by atoms with van der Waals surface area (Å²) in [7, 11) is -0.266. The van der Waals surface area contributed by atoms with Crippen LogP contribution < -0.4 is 0 Å². The third-order valence-corrected chi connectivity index (χ3v) is 7.60. The Hall–Kier alpha value is -1.34. The van der Waals surface area contributed by atoms with E-state index in [1.807, 2.05) is 30.0 Å². The van der Waals surface area contributed by atoms with E-state index in [0.29, 0.717) is 10.9 Å². The van der Waals surface area contributed by atoms with Crippen molar-refractivity contribution in [1.82, 2.24) is 9.21 Å². The Labute approximate surface area is 161 Å². The predicted molar refractivity (Wildman–Crippen MR) is 109 cm³/mol. The van der Waals surface area contributed by atoms with Gasteiger partial charge in [0.05, 0.1) is 4.90 Å². The van der Waals surface area contributed by atoms with Gasteiger partial charge in [-0.3, -0.25) is 4.90 Å².